The Morgan fingerprint density at radius 3 is 2.41 bits per heavy atom. The number of rotatable bonds is 4. The van der Waals surface area contributed by atoms with Gasteiger partial charge in [-0.2, -0.15) is 5.10 Å². The van der Waals surface area contributed by atoms with E-state index in [9.17, 15) is 0 Å². The maximum atomic E-state index is 6.22. The molecule has 0 aliphatic carbocycles. The van der Waals surface area contributed by atoms with E-state index >= 15 is 0 Å². The summed E-state index contributed by atoms with van der Waals surface area (Å²) in [6, 6.07) is 30.3. The molecule has 0 saturated heterocycles. The zero-order valence-corrected chi connectivity index (χ0v) is 23.1. The van der Waals surface area contributed by atoms with Gasteiger partial charge in [-0.15, -0.1) is 0 Å². The van der Waals surface area contributed by atoms with E-state index in [4.69, 9.17) is 19.5 Å². The fraction of sp³-hybridized carbons (Fsp3) is 0.129. The van der Waals surface area contributed by atoms with Crippen molar-refractivity contribution in [2.45, 2.75) is 26.3 Å². The number of aliphatic imine (C=N–C) groups is 2. The molecule has 4 heterocycles. The van der Waals surface area contributed by atoms with Gasteiger partial charge in [-0.3, -0.25) is 0 Å². The van der Waals surface area contributed by atoms with Crippen molar-refractivity contribution in [3.8, 4) is 5.69 Å². The van der Waals surface area contributed by atoms with Gasteiger partial charge in [0.15, 0.2) is 22.2 Å². The Morgan fingerprint density at radius 2 is 1.67 bits per heavy atom. The molecule has 0 bridgehead atoms. The lowest BCUT2D eigenvalue weighted by atomic mass is 9.98. The molecular weight excluding hydrogens is 552 g/mol. The number of furan rings is 1. The molecule has 1 atom stereocenters. The van der Waals surface area contributed by atoms with Crippen molar-refractivity contribution in [2.24, 2.45) is 9.98 Å². The number of nitrogens with zero attached hydrogens (tertiary/aromatic N) is 5. The van der Waals surface area contributed by atoms with Crippen molar-refractivity contribution >= 4 is 50.5 Å². The van der Waals surface area contributed by atoms with Crippen LogP contribution >= 0.6 is 15.9 Å². The van der Waals surface area contributed by atoms with Crippen LogP contribution < -0.4 is 10.2 Å². The Labute approximate surface area is 234 Å². The second kappa shape index (κ2) is 9.39. The summed E-state index contributed by atoms with van der Waals surface area (Å²) in [7, 11) is 0. The van der Waals surface area contributed by atoms with Crippen molar-refractivity contribution in [3.05, 3.63) is 118 Å². The summed E-state index contributed by atoms with van der Waals surface area (Å²) >= 11 is 3.51. The Kier molecular flexibility index (Phi) is 5.70. The van der Waals surface area contributed by atoms with E-state index < -0.39 is 0 Å². The number of fused-ring (bicyclic) bond motifs is 4. The Balaban J connectivity index is 1.47. The molecule has 0 fully saturated rings. The van der Waals surface area contributed by atoms with Gasteiger partial charge in [0.25, 0.3) is 0 Å². The van der Waals surface area contributed by atoms with Crippen LogP contribution in [0, 0.1) is 6.92 Å². The topological polar surface area (TPSA) is 71.0 Å². The Hall–Kier alpha value is -4.43. The smallest absolute Gasteiger partial charge is 0.179 e. The second-order valence-electron chi connectivity index (χ2n) is 9.54. The summed E-state index contributed by atoms with van der Waals surface area (Å²) < 4.78 is 8.80. The number of hydrogen-bond acceptors (Lipinski definition) is 6. The molecule has 192 valence electrons. The highest BCUT2D eigenvalue weighted by Crippen LogP contribution is 2.48. The summed E-state index contributed by atoms with van der Waals surface area (Å²) in [6.45, 7) is 4.18. The summed E-state index contributed by atoms with van der Waals surface area (Å²) in [5.41, 5.74) is 6.87. The zero-order valence-electron chi connectivity index (χ0n) is 21.5. The maximum Gasteiger partial charge on any atom is 0.179 e. The summed E-state index contributed by atoms with van der Waals surface area (Å²) in [4.78, 5) is 12.5. The van der Waals surface area contributed by atoms with Gasteiger partial charge in [-0.25, -0.2) is 14.7 Å². The van der Waals surface area contributed by atoms with Crippen LogP contribution in [0.1, 0.15) is 35.5 Å². The summed E-state index contributed by atoms with van der Waals surface area (Å²) in [5, 5.41) is 8.51. The molecule has 2 aliphatic heterocycles. The molecule has 0 spiro atoms. The fourth-order valence-corrected chi connectivity index (χ4v) is 5.57. The molecule has 3 aromatic carbocycles. The van der Waals surface area contributed by atoms with Crippen LogP contribution in [0.5, 0.6) is 0 Å². The molecule has 0 saturated carbocycles. The quantitative estimate of drug-likeness (QED) is 0.236. The first kappa shape index (κ1) is 23.7. The number of aryl methyl sites for hydroxylation is 2. The lowest BCUT2D eigenvalue weighted by Gasteiger charge is -2.39. The molecule has 8 heteroatoms. The molecule has 2 aliphatic rings. The van der Waals surface area contributed by atoms with Crippen LogP contribution in [0.3, 0.4) is 0 Å². The van der Waals surface area contributed by atoms with E-state index in [2.05, 4.69) is 63.4 Å². The van der Waals surface area contributed by atoms with Gasteiger partial charge >= 0.3 is 0 Å². The minimum Gasteiger partial charge on any atom is -0.452 e. The molecule has 5 aromatic rings. The van der Waals surface area contributed by atoms with Crippen LogP contribution in [0.15, 0.2) is 110 Å². The number of benzene rings is 3. The van der Waals surface area contributed by atoms with E-state index in [1.807, 2.05) is 72.3 Å². The fourth-order valence-electron chi connectivity index (χ4n) is 5.25. The van der Waals surface area contributed by atoms with Crippen molar-refractivity contribution < 1.29 is 4.42 Å². The van der Waals surface area contributed by atoms with Crippen LogP contribution in [-0.2, 0) is 6.42 Å². The van der Waals surface area contributed by atoms with Gasteiger partial charge in [0.1, 0.15) is 11.8 Å². The van der Waals surface area contributed by atoms with Gasteiger partial charge in [-0.05, 0) is 83.4 Å². The standard InChI is InChI=1S/C31H25BrN6O/c1-3-20-13-15-21(16-14-20)33-29-31-35-30-27(19(2)36-38(30)22-9-5-4-6-10-22)28(25-17-18-26(32)39-25)37(31)24-12-8-7-11-23(24)34-29/h4-18,28H,3H2,1-2H3,(H,33,34). The first-order valence-electron chi connectivity index (χ1n) is 12.9. The summed E-state index contributed by atoms with van der Waals surface area (Å²) in [5.74, 6) is 2.92. The van der Waals surface area contributed by atoms with Gasteiger partial charge in [0, 0.05) is 5.69 Å². The number of anilines is 2. The highest BCUT2D eigenvalue weighted by molar-refractivity contribution is 9.10. The average Bonchev–Trinajstić information content (AvgIpc) is 3.55. The molecule has 0 radical (unpaired) electrons. The zero-order chi connectivity index (χ0) is 26.5. The number of aromatic nitrogens is 2. The van der Waals surface area contributed by atoms with Gasteiger partial charge in [0.2, 0.25) is 0 Å². The maximum absolute atomic E-state index is 6.22. The van der Waals surface area contributed by atoms with Crippen LogP contribution in [-0.4, -0.2) is 21.5 Å². The van der Waals surface area contributed by atoms with Crippen LogP contribution in [0.25, 0.3) is 5.69 Å². The van der Waals surface area contributed by atoms with Crippen molar-refractivity contribution in [1.29, 1.82) is 0 Å². The molecule has 39 heavy (non-hydrogen) atoms. The van der Waals surface area contributed by atoms with Crippen molar-refractivity contribution in [3.63, 3.8) is 0 Å². The largest absolute Gasteiger partial charge is 0.452 e. The van der Waals surface area contributed by atoms with E-state index in [1.165, 1.54) is 5.56 Å². The summed E-state index contributed by atoms with van der Waals surface area (Å²) in [6.07, 6.45) is 0.987. The average molecular weight is 577 g/mol. The van der Waals surface area contributed by atoms with E-state index in [0.717, 1.165) is 52.0 Å². The lowest BCUT2D eigenvalue weighted by Crippen LogP contribution is -2.46. The van der Waals surface area contributed by atoms with E-state index in [0.29, 0.717) is 16.3 Å². The Morgan fingerprint density at radius 1 is 0.897 bits per heavy atom. The lowest BCUT2D eigenvalue weighted by molar-refractivity contribution is 0.468. The molecular formula is C31H25BrN6O. The SMILES string of the molecule is CCc1ccc(NC2=Nc3ccccc3N3C2=Nc2c(c(C)nn2-c2ccccc2)C3c2ccc(Br)o2)cc1. The van der Waals surface area contributed by atoms with Crippen LogP contribution in [0.4, 0.5) is 22.9 Å². The molecule has 1 unspecified atom stereocenters. The minimum atomic E-state index is -0.299. The molecule has 0 amide bonds. The predicted octanol–water partition coefficient (Wildman–Crippen LogP) is 7.89. The number of para-hydroxylation sites is 3. The first-order valence-corrected chi connectivity index (χ1v) is 13.7. The van der Waals surface area contributed by atoms with Gasteiger partial charge < -0.3 is 14.6 Å². The monoisotopic (exact) mass is 576 g/mol. The van der Waals surface area contributed by atoms with E-state index in [1.54, 1.807) is 0 Å². The highest BCUT2D eigenvalue weighted by Gasteiger charge is 2.42. The van der Waals surface area contributed by atoms with Crippen LogP contribution in [0.2, 0.25) is 0 Å². The molecule has 7 nitrogen and oxygen atoms in total. The van der Waals surface area contributed by atoms with Gasteiger partial charge in [-0.1, -0.05) is 49.4 Å². The van der Waals surface area contributed by atoms with Crippen molar-refractivity contribution in [1.82, 2.24) is 9.78 Å². The third-order valence-electron chi connectivity index (χ3n) is 7.13. The third-order valence-corrected chi connectivity index (χ3v) is 7.55. The highest BCUT2D eigenvalue weighted by atomic mass is 79.9. The van der Waals surface area contributed by atoms with Crippen molar-refractivity contribution in [2.75, 3.05) is 10.2 Å². The Bertz CT molecular complexity index is 1750. The number of amidine groups is 2. The second-order valence-corrected chi connectivity index (χ2v) is 10.3. The number of halogens is 1. The number of hydrogen-bond donors (Lipinski definition) is 1. The first-order chi connectivity index (χ1) is 19.1. The van der Waals surface area contributed by atoms with E-state index in [-0.39, 0.29) is 6.04 Å². The molecule has 1 N–H and O–H groups in total. The van der Waals surface area contributed by atoms with Gasteiger partial charge in [0.05, 0.1) is 28.3 Å². The normalized spacial score (nSPS) is 15.7. The minimum absolute atomic E-state index is 0.299. The third kappa shape index (κ3) is 3.99. The predicted molar refractivity (Wildman–Crippen MR) is 159 cm³/mol. The molecule has 2 aromatic heterocycles. The molecule has 7 rings (SSSR count). The number of nitrogens with one attached hydrogen (secondary N) is 1.